The third-order valence-corrected chi connectivity index (χ3v) is 5.72. The molecule has 2 N–H and O–H groups in total. The maximum absolute atomic E-state index is 12.1. The number of benzene rings is 1. The van der Waals surface area contributed by atoms with E-state index in [1.54, 1.807) is 0 Å². The molecule has 0 spiro atoms. The molecular formula is C19H33N3OS. The van der Waals surface area contributed by atoms with Gasteiger partial charge in [-0.15, -0.1) is 0 Å². The average molecular weight is 352 g/mol. The van der Waals surface area contributed by atoms with Crippen molar-refractivity contribution in [2.24, 2.45) is 4.99 Å². The van der Waals surface area contributed by atoms with Crippen molar-refractivity contribution in [3.8, 4) is 0 Å². The topological polar surface area (TPSA) is 53.5 Å². The van der Waals surface area contributed by atoms with E-state index >= 15 is 0 Å². The molecule has 0 bridgehead atoms. The summed E-state index contributed by atoms with van der Waals surface area (Å²) in [5.74, 6) is 1.79. The van der Waals surface area contributed by atoms with Crippen molar-refractivity contribution < 1.29 is 4.21 Å². The molecule has 0 aliphatic rings. The molecule has 0 amide bonds. The Morgan fingerprint density at radius 3 is 2.38 bits per heavy atom. The zero-order valence-corrected chi connectivity index (χ0v) is 16.8. The summed E-state index contributed by atoms with van der Waals surface area (Å²) in [6, 6.07) is 8.62. The van der Waals surface area contributed by atoms with Crippen LogP contribution in [0.3, 0.4) is 0 Å². The van der Waals surface area contributed by atoms with E-state index in [-0.39, 0.29) is 4.75 Å². The number of hydrogen-bond donors (Lipinski definition) is 2. The first-order valence-corrected chi connectivity index (χ1v) is 10.0. The zero-order chi connectivity index (χ0) is 18.2. The highest BCUT2D eigenvalue weighted by atomic mass is 32.2. The van der Waals surface area contributed by atoms with Crippen LogP contribution in [0.15, 0.2) is 29.3 Å². The molecule has 5 heteroatoms. The molecule has 136 valence electrons. The maximum atomic E-state index is 12.1. The number of nitrogens with one attached hydrogen (secondary N) is 2. The van der Waals surface area contributed by atoms with E-state index < -0.39 is 10.8 Å². The standard InChI is InChI=1S/C19H33N3OS/c1-7-20-18(21-12-13-24(23)19(4,5)6)22-14-16(3)17-10-8-15(2)9-11-17/h8-11,16H,7,12-14H2,1-6H3,(H2,20,21,22). The second-order valence-corrected chi connectivity index (χ2v) is 9.44. The van der Waals surface area contributed by atoms with Crippen LogP contribution in [-0.4, -0.2) is 40.3 Å². The van der Waals surface area contributed by atoms with E-state index in [1.165, 1.54) is 11.1 Å². The Labute approximate surface area is 150 Å². The van der Waals surface area contributed by atoms with E-state index in [2.05, 4.69) is 53.7 Å². The van der Waals surface area contributed by atoms with Gasteiger partial charge in [-0.25, -0.2) is 0 Å². The van der Waals surface area contributed by atoms with E-state index in [0.29, 0.717) is 18.2 Å². The molecule has 0 aliphatic carbocycles. The van der Waals surface area contributed by atoms with Gasteiger partial charge in [-0.3, -0.25) is 9.20 Å². The molecule has 0 heterocycles. The van der Waals surface area contributed by atoms with Crippen LogP contribution < -0.4 is 10.6 Å². The van der Waals surface area contributed by atoms with Crippen LogP contribution in [0.2, 0.25) is 0 Å². The van der Waals surface area contributed by atoms with Crippen LogP contribution in [0, 0.1) is 6.92 Å². The second-order valence-electron chi connectivity index (χ2n) is 7.12. The summed E-state index contributed by atoms with van der Waals surface area (Å²) in [5, 5.41) is 6.54. The predicted octanol–water partition coefficient (Wildman–Crippen LogP) is 3.20. The van der Waals surface area contributed by atoms with Gasteiger partial charge in [0.1, 0.15) is 0 Å². The van der Waals surface area contributed by atoms with Crippen molar-refractivity contribution in [1.29, 1.82) is 0 Å². The fourth-order valence-corrected chi connectivity index (χ4v) is 3.04. The van der Waals surface area contributed by atoms with Crippen LogP contribution in [0.4, 0.5) is 0 Å². The predicted molar refractivity (Wildman–Crippen MR) is 106 cm³/mol. The third-order valence-electron chi connectivity index (χ3n) is 3.78. The first kappa shape index (κ1) is 20.7. The van der Waals surface area contributed by atoms with Crippen LogP contribution in [0.1, 0.15) is 51.7 Å². The fourth-order valence-electron chi connectivity index (χ4n) is 2.14. The van der Waals surface area contributed by atoms with Gasteiger partial charge in [-0.2, -0.15) is 0 Å². The Kier molecular flexibility index (Phi) is 8.46. The van der Waals surface area contributed by atoms with E-state index in [1.807, 2.05) is 27.7 Å². The van der Waals surface area contributed by atoms with E-state index in [9.17, 15) is 4.21 Å². The highest BCUT2D eigenvalue weighted by molar-refractivity contribution is 7.86. The minimum absolute atomic E-state index is 0.170. The number of guanidine groups is 1. The summed E-state index contributed by atoms with van der Waals surface area (Å²) in [5.41, 5.74) is 2.57. The summed E-state index contributed by atoms with van der Waals surface area (Å²) >= 11 is 0. The smallest absolute Gasteiger partial charge is 0.191 e. The Balaban J connectivity index is 2.55. The van der Waals surface area contributed by atoms with Crippen molar-refractivity contribution in [2.75, 3.05) is 25.4 Å². The summed E-state index contributed by atoms with van der Waals surface area (Å²) in [4.78, 5) is 4.67. The van der Waals surface area contributed by atoms with Gasteiger partial charge in [0.25, 0.3) is 0 Å². The summed E-state index contributed by atoms with van der Waals surface area (Å²) < 4.78 is 11.9. The summed E-state index contributed by atoms with van der Waals surface area (Å²) in [6.07, 6.45) is 0. The lowest BCUT2D eigenvalue weighted by molar-refractivity contribution is 0.647. The van der Waals surface area contributed by atoms with Gasteiger partial charge in [-0.05, 0) is 40.2 Å². The number of hydrogen-bond acceptors (Lipinski definition) is 2. The minimum atomic E-state index is -0.848. The molecule has 0 saturated carbocycles. The van der Waals surface area contributed by atoms with Crippen molar-refractivity contribution in [2.45, 2.75) is 52.2 Å². The summed E-state index contributed by atoms with van der Waals surface area (Å²) in [7, 11) is -0.848. The highest BCUT2D eigenvalue weighted by Crippen LogP contribution is 2.16. The SMILES string of the molecule is CCNC(=NCC(C)c1ccc(C)cc1)NCCS(=O)C(C)(C)C. The maximum Gasteiger partial charge on any atom is 0.191 e. The molecule has 2 unspecified atom stereocenters. The highest BCUT2D eigenvalue weighted by Gasteiger charge is 2.18. The first-order chi connectivity index (χ1) is 11.2. The second kappa shape index (κ2) is 9.82. The Hall–Kier alpha value is -1.36. The molecule has 0 aliphatic heterocycles. The molecule has 4 nitrogen and oxygen atoms in total. The molecular weight excluding hydrogens is 318 g/mol. The van der Waals surface area contributed by atoms with Crippen molar-refractivity contribution in [1.82, 2.24) is 10.6 Å². The lowest BCUT2D eigenvalue weighted by atomic mass is 10.0. The van der Waals surface area contributed by atoms with Gasteiger partial charge in [-0.1, -0.05) is 36.8 Å². The lowest BCUT2D eigenvalue weighted by Gasteiger charge is -2.18. The molecule has 0 aromatic heterocycles. The fraction of sp³-hybridized carbons (Fsp3) is 0.632. The third kappa shape index (κ3) is 7.47. The van der Waals surface area contributed by atoms with Crippen LogP contribution in [-0.2, 0) is 10.8 Å². The van der Waals surface area contributed by atoms with Crippen LogP contribution in [0.25, 0.3) is 0 Å². The van der Waals surface area contributed by atoms with Gasteiger partial charge >= 0.3 is 0 Å². The molecule has 0 fully saturated rings. The van der Waals surface area contributed by atoms with Gasteiger partial charge < -0.3 is 10.6 Å². The molecule has 24 heavy (non-hydrogen) atoms. The van der Waals surface area contributed by atoms with Gasteiger partial charge in [0.05, 0.1) is 0 Å². The van der Waals surface area contributed by atoms with Gasteiger partial charge in [0, 0.05) is 46.9 Å². The van der Waals surface area contributed by atoms with Crippen LogP contribution >= 0.6 is 0 Å². The van der Waals surface area contributed by atoms with Crippen molar-refractivity contribution in [3.05, 3.63) is 35.4 Å². The zero-order valence-electron chi connectivity index (χ0n) is 16.0. The number of rotatable bonds is 7. The molecule has 2 atom stereocenters. The number of aliphatic imine (C=N–C) groups is 1. The average Bonchev–Trinajstić information content (AvgIpc) is 2.51. The first-order valence-electron chi connectivity index (χ1n) is 8.71. The van der Waals surface area contributed by atoms with Crippen molar-refractivity contribution in [3.63, 3.8) is 0 Å². The van der Waals surface area contributed by atoms with Gasteiger partial charge in [0.15, 0.2) is 5.96 Å². The molecule has 1 rings (SSSR count). The Morgan fingerprint density at radius 2 is 1.83 bits per heavy atom. The monoisotopic (exact) mass is 351 g/mol. The molecule has 0 saturated heterocycles. The van der Waals surface area contributed by atoms with Gasteiger partial charge in [0.2, 0.25) is 0 Å². The summed E-state index contributed by atoms with van der Waals surface area (Å²) in [6.45, 7) is 14.5. The van der Waals surface area contributed by atoms with E-state index in [4.69, 9.17) is 0 Å². The lowest BCUT2D eigenvalue weighted by Crippen LogP contribution is -2.40. The quantitative estimate of drug-likeness (QED) is 0.586. The van der Waals surface area contributed by atoms with Crippen molar-refractivity contribution >= 4 is 16.8 Å². The molecule has 1 aromatic rings. The largest absolute Gasteiger partial charge is 0.357 e. The molecule has 0 radical (unpaired) electrons. The molecule has 1 aromatic carbocycles. The normalized spacial score (nSPS) is 15.0. The van der Waals surface area contributed by atoms with Crippen LogP contribution in [0.5, 0.6) is 0 Å². The minimum Gasteiger partial charge on any atom is -0.357 e. The Bertz CT molecular complexity index is 547. The van der Waals surface area contributed by atoms with E-state index in [0.717, 1.165) is 19.0 Å². The Morgan fingerprint density at radius 1 is 1.21 bits per heavy atom. The number of nitrogens with zero attached hydrogens (tertiary/aromatic N) is 1. The number of aryl methyl sites for hydroxylation is 1.